The van der Waals surface area contributed by atoms with Gasteiger partial charge >= 0.3 is 5.97 Å². The average molecular weight is 544 g/mol. The molecule has 4 N–H and O–H groups in total. The van der Waals surface area contributed by atoms with Crippen LogP contribution in [-0.4, -0.2) is 62.9 Å². The van der Waals surface area contributed by atoms with Crippen molar-refractivity contribution in [1.82, 2.24) is 15.1 Å². The molecular weight excluding hydrogens is 509 g/mol. The number of carboxylic acid groups (broad SMARTS) is 1. The number of aromatic nitrogens is 2. The third-order valence-corrected chi connectivity index (χ3v) is 6.27. The molecule has 3 aromatic rings. The quantitative estimate of drug-likeness (QED) is 0.242. The van der Waals surface area contributed by atoms with E-state index in [0.29, 0.717) is 23.4 Å². The molecule has 0 bridgehead atoms. The predicted octanol–water partition coefficient (Wildman–Crippen LogP) is 3.43. The molecule has 0 spiro atoms. The summed E-state index contributed by atoms with van der Waals surface area (Å²) in [6.45, 7) is 3.73. The summed E-state index contributed by atoms with van der Waals surface area (Å²) in [4.78, 5) is 24.3. The lowest BCUT2D eigenvalue weighted by molar-refractivity contribution is -0.139. The van der Waals surface area contributed by atoms with Gasteiger partial charge < -0.3 is 30.1 Å². The van der Waals surface area contributed by atoms with E-state index >= 15 is 0 Å². The number of nitrogens with one attached hydrogen (secondary N) is 1. The van der Waals surface area contributed by atoms with Gasteiger partial charge in [0, 0.05) is 18.5 Å². The molecule has 11 heteroatoms. The van der Waals surface area contributed by atoms with Crippen molar-refractivity contribution in [2.75, 3.05) is 13.7 Å². The fourth-order valence-corrected chi connectivity index (χ4v) is 4.08. The van der Waals surface area contributed by atoms with E-state index < -0.39 is 36.3 Å². The number of carboxylic acids is 1. The Bertz CT molecular complexity index is 1260. The molecule has 1 aromatic heterocycles. The van der Waals surface area contributed by atoms with Crippen molar-refractivity contribution in [3.8, 4) is 17.3 Å². The Kier molecular flexibility index (Phi) is 10.4. The van der Waals surface area contributed by atoms with Gasteiger partial charge in [-0.15, -0.1) is 0 Å². The highest BCUT2D eigenvalue weighted by Gasteiger charge is 2.29. The van der Waals surface area contributed by atoms with E-state index in [1.165, 1.54) is 28.9 Å². The van der Waals surface area contributed by atoms with Gasteiger partial charge in [0.25, 0.3) is 5.91 Å². The van der Waals surface area contributed by atoms with Gasteiger partial charge in [-0.1, -0.05) is 32.0 Å². The van der Waals surface area contributed by atoms with Crippen molar-refractivity contribution in [1.29, 1.82) is 0 Å². The predicted molar refractivity (Wildman–Crippen MR) is 141 cm³/mol. The number of ether oxygens (including phenoxy) is 2. The van der Waals surface area contributed by atoms with Crippen LogP contribution in [0.3, 0.4) is 0 Å². The number of halogens is 1. The molecule has 0 saturated heterocycles. The van der Waals surface area contributed by atoms with Gasteiger partial charge in [-0.3, -0.25) is 9.59 Å². The van der Waals surface area contributed by atoms with Crippen molar-refractivity contribution in [3.05, 3.63) is 71.2 Å². The summed E-state index contributed by atoms with van der Waals surface area (Å²) in [5, 5.41) is 36.5. The summed E-state index contributed by atoms with van der Waals surface area (Å²) in [5.74, 6) is -1.47. The third kappa shape index (κ3) is 7.78. The number of methoxy groups -OCH3 is 1. The van der Waals surface area contributed by atoms with E-state index in [1.54, 1.807) is 13.2 Å². The second-order valence-corrected chi connectivity index (χ2v) is 9.21. The van der Waals surface area contributed by atoms with Crippen LogP contribution in [0.2, 0.25) is 0 Å². The summed E-state index contributed by atoms with van der Waals surface area (Å²) in [6, 6.07) is 12.8. The summed E-state index contributed by atoms with van der Waals surface area (Å²) in [6.07, 6.45) is -2.55. The number of aliphatic carboxylic acids is 1. The standard InChI is InChI=1S/C28H34FN3O7/c1-4-17(2)25-26(27(37)30-15-18-7-5-6-8-23(18)38-3)31-32(20-11-9-19(29)10-12-20)28(25)39-16-22(34)13-21(33)14-24(35)36/h5-12,17,21-22,33-34H,4,13-16H2,1-3H3,(H,30,37)(H,35,36). The average Bonchev–Trinajstić information content (AvgIpc) is 3.29. The number of benzene rings is 2. The zero-order valence-corrected chi connectivity index (χ0v) is 22.1. The highest BCUT2D eigenvalue weighted by molar-refractivity contribution is 5.94. The first kappa shape index (κ1) is 29.6. The number of carbonyl (C=O) groups is 2. The van der Waals surface area contributed by atoms with E-state index in [9.17, 15) is 24.2 Å². The Morgan fingerprint density at radius 3 is 2.44 bits per heavy atom. The van der Waals surface area contributed by atoms with Gasteiger partial charge in [0.2, 0.25) is 5.88 Å². The first-order valence-corrected chi connectivity index (χ1v) is 12.6. The van der Waals surface area contributed by atoms with Crippen molar-refractivity contribution in [2.45, 2.75) is 57.8 Å². The lowest BCUT2D eigenvalue weighted by atomic mass is 9.98. The topological polar surface area (TPSA) is 143 Å². The van der Waals surface area contributed by atoms with E-state index in [1.807, 2.05) is 32.0 Å². The first-order valence-electron chi connectivity index (χ1n) is 12.6. The highest BCUT2D eigenvalue weighted by atomic mass is 19.1. The molecule has 0 aliphatic rings. The van der Waals surface area contributed by atoms with Crippen LogP contribution in [0.5, 0.6) is 11.6 Å². The maximum atomic E-state index is 13.7. The van der Waals surface area contributed by atoms with Crippen LogP contribution in [0.1, 0.15) is 60.6 Å². The van der Waals surface area contributed by atoms with Crippen molar-refractivity contribution < 1.29 is 38.8 Å². The number of hydrogen-bond acceptors (Lipinski definition) is 7. The highest BCUT2D eigenvalue weighted by Crippen LogP contribution is 2.35. The van der Waals surface area contributed by atoms with Crippen LogP contribution in [0.4, 0.5) is 4.39 Å². The number of hydrogen-bond donors (Lipinski definition) is 4. The second kappa shape index (κ2) is 13.7. The lowest BCUT2D eigenvalue weighted by Gasteiger charge is -2.18. The van der Waals surface area contributed by atoms with Gasteiger partial charge in [-0.25, -0.2) is 9.07 Å². The molecular formula is C28H34FN3O7. The molecule has 1 amide bonds. The molecule has 0 aliphatic heterocycles. The van der Waals surface area contributed by atoms with Crippen LogP contribution < -0.4 is 14.8 Å². The maximum absolute atomic E-state index is 13.7. The lowest BCUT2D eigenvalue weighted by Crippen LogP contribution is -2.26. The molecule has 10 nitrogen and oxygen atoms in total. The van der Waals surface area contributed by atoms with Crippen LogP contribution in [0.15, 0.2) is 48.5 Å². The summed E-state index contributed by atoms with van der Waals surface area (Å²) >= 11 is 0. The Hall–Kier alpha value is -3.96. The van der Waals surface area contributed by atoms with Gasteiger partial charge in [0.15, 0.2) is 5.69 Å². The maximum Gasteiger partial charge on any atom is 0.305 e. The minimum Gasteiger partial charge on any atom is -0.496 e. The van der Waals surface area contributed by atoms with Gasteiger partial charge in [-0.2, -0.15) is 5.10 Å². The zero-order chi connectivity index (χ0) is 28.5. The van der Waals surface area contributed by atoms with Crippen LogP contribution in [0.25, 0.3) is 5.69 Å². The van der Waals surface area contributed by atoms with Gasteiger partial charge in [0.05, 0.1) is 37.0 Å². The molecule has 0 radical (unpaired) electrons. The summed E-state index contributed by atoms with van der Waals surface area (Å²) in [5.41, 5.74) is 1.81. The number of nitrogens with zero attached hydrogens (tertiary/aromatic N) is 2. The number of aliphatic hydroxyl groups excluding tert-OH is 2. The second-order valence-electron chi connectivity index (χ2n) is 9.21. The number of rotatable bonds is 14. The fraction of sp³-hybridized carbons (Fsp3) is 0.393. The van der Waals surface area contributed by atoms with E-state index in [-0.39, 0.29) is 37.1 Å². The van der Waals surface area contributed by atoms with Gasteiger partial charge in [0.1, 0.15) is 18.2 Å². The molecule has 3 unspecified atom stereocenters. The van der Waals surface area contributed by atoms with Crippen molar-refractivity contribution >= 4 is 11.9 Å². The fourth-order valence-electron chi connectivity index (χ4n) is 4.08. The van der Waals surface area contributed by atoms with Gasteiger partial charge in [-0.05, 0) is 42.7 Å². The smallest absolute Gasteiger partial charge is 0.305 e. The van der Waals surface area contributed by atoms with E-state index in [0.717, 1.165) is 5.56 Å². The first-order chi connectivity index (χ1) is 18.6. The molecule has 210 valence electrons. The van der Waals surface area contributed by atoms with Crippen LogP contribution in [-0.2, 0) is 11.3 Å². The number of aliphatic hydroxyl groups is 2. The molecule has 3 rings (SSSR count). The minimum absolute atomic E-state index is 0.110. The Balaban J connectivity index is 1.95. The van der Waals surface area contributed by atoms with E-state index in [2.05, 4.69) is 10.4 Å². The molecule has 0 saturated carbocycles. The Labute approximate surface area is 226 Å². The SMILES string of the molecule is CCC(C)c1c(C(=O)NCc2ccccc2OC)nn(-c2ccc(F)cc2)c1OCC(O)CC(O)CC(=O)O. The summed E-state index contributed by atoms with van der Waals surface area (Å²) in [7, 11) is 1.55. The van der Waals surface area contributed by atoms with Crippen LogP contribution >= 0.6 is 0 Å². The normalized spacial score (nSPS) is 13.4. The zero-order valence-electron chi connectivity index (χ0n) is 22.1. The monoisotopic (exact) mass is 543 g/mol. The Morgan fingerprint density at radius 1 is 1.10 bits per heavy atom. The van der Waals surface area contributed by atoms with Crippen molar-refractivity contribution in [3.63, 3.8) is 0 Å². The van der Waals surface area contributed by atoms with Crippen molar-refractivity contribution in [2.24, 2.45) is 0 Å². The molecule has 39 heavy (non-hydrogen) atoms. The molecule has 1 heterocycles. The Morgan fingerprint density at radius 2 is 1.79 bits per heavy atom. The summed E-state index contributed by atoms with van der Waals surface area (Å²) < 4.78 is 26.4. The minimum atomic E-state index is -1.26. The molecule has 0 aliphatic carbocycles. The largest absolute Gasteiger partial charge is 0.496 e. The molecule has 3 atom stereocenters. The third-order valence-electron chi connectivity index (χ3n) is 6.27. The number of para-hydroxylation sites is 1. The van der Waals surface area contributed by atoms with E-state index in [4.69, 9.17) is 14.6 Å². The molecule has 2 aromatic carbocycles. The number of carbonyl (C=O) groups excluding carboxylic acids is 1. The number of amides is 1. The molecule has 0 fully saturated rings. The van der Waals surface area contributed by atoms with Crippen LogP contribution in [0, 0.1) is 5.82 Å².